The molecule has 0 bridgehead atoms. The highest BCUT2D eigenvalue weighted by atomic mass is 31.2. The Kier molecular flexibility index (Phi) is 5.86. The van der Waals surface area contributed by atoms with Gasteiger partial charge in [-0.15, -0.1) is 0 Å². The molecule has 0 aliphatic carbocycles. The lowest BCUT2D eigenvalue weighted by Crippen LogP contribution is -2.41. The van der Waals surface area contributed by atoms with Crippen molar-refractivity contribution in [1.29, 1.82) is 0 Å². The molecule has 1 aromatic carbocycles. The van der Waals surface area contributed by atoms with Gasteiger partial charge in [-0.25, -0.2) is 4.67 Å². The van der Waals surface area contributed by atoms with Crippen LogP contribution < -0.4 is 10.9 Å². The normalized spacial score (nSPS) is 14.5. The molecule has 2 aromatic rings. The van der Waals surface area contributed by atoms with Crippen LogP contribution in [0.5, 0.6) is 0 Å². The molecule has 2 rings (SSSR count). The van der Waals surface area contributed by atoms with Crippen molar-refractivity contribution in [2.75, 3.05) is 0 Å². The number of hydrogen-bond acceptors (Lipinski definition) is 3. The minimum Gasteiger partial charge on any atom is -0.309 e. The van der Waals surface area contributed by atoms with Crippen molar-refractivity contribution in [3.05, 3.63) is 51.9 Å². The number of hydrogen-bond donors (Lipinski definition) is 2. The minimum absolute atomic E-state index is 0.0414. The molecule has 0 spiro atoms. The Morgan fingerprint density at radius 1 is 1.08 bits per heavy atom. The SMILES string of the molecule is Cc1[nH][nH]c(=O)c1P(=O)(OCc1ccccc1)N(C(C)C)C(C)C. The third kappa shape index (κ3) is 3.72. The monoisotopic (exact) mass is 351 g/mol. The zero-order valence-electron chi connectivity index (χ0n) is 14.9. The van der Waals surface area contributed by atoms with E-state index >= 15 is 0 Å². The molecule has 132 valence electrons. The lowest BCUT2D eigenvalue weighted by Gasteiger charge is -2.36. The van der Waals surface area contributed by atoms with E-state index in [0.717, 1.165) is 5.56 Å². The molecule has 0 amide bonds. The van der Waals surface area contributed by atoms with Crippen molar-refractivity contribution >= 4 is 12.8 Å². The molecule has 0 aliphatic rings. The average Bonchev–Trinajstić information content (AvgIpc) is 2.85. The van der Waals surface area contributed by atoms with Crippen molar-refractivity contribution in [2.24, 2.45) is 0 Å². The van der Waals surface area contributed by atoms with Gasteiger partial charge in [0.05, 0.1) is 6.61 Å². The van der Waals surface area contributed by atoms with Gasteiger partial charge >= 0.3 is 7.52 Å². The van der Waals surface area contributed by atoms with Gasteiger partial charge in [0.15, 0.2) is 0 Å². The first-order valence-corrected chi connectivity index (χ1v) is 9.70. The zero-order chi connectivity index (χ0) is 17.9. The first-order chi connectivity index (χ1) is 11.3. The summed E-state index contributed by atoms with van der Waals surface area (Å²) in [5.41, 5.74) is 1.06. The molecule has 1 atom stereocenters. The van der Waals surface area contributed by atoms with Gasteiger partial charge in [0.25, 0.3) is 5.56 Å². The maximum atomic E-state index is 13.9. The maximum Gasteiger partial charge on any atom is 0.310 e. The van der Waals surface area contributed by atoms with Crippen molar-refractivity contribution in [3.8, 4) is 0 Å². The Bertz CT molecular complexity index is 757. The summed E-state index contributed by atoms with van der Waals surface area (Å²) in [5.74, 6) is 0. The average molecular weight is 351 g/mol. The first kappa shape index (κ1) is 18.7. The standard InChI is InChI=1S/C17H26N3O3P/c1-12(2)20(13(3)4)24(22,16-14(5)18-19-17(16)21)23-11-15-9-7-6-8-10-15/h6-10,12-13H,11H2,1-5H3,(H2,18,19,21). The number of aromatic nitrogens is 2. The van der Waals surface area contributed by atoms with E-state index in [1.807, 2.05) is 58.0 Å². The second-order valence-corrected chi connectivity index (χ2v) is 8.61. The fraction of sp³-hybridized carbons (Fsp3) is 0.471. The second kappa shape index (κ2) is 7.51. The predicted molar refractivity (Wildman–Crippen MR) is 96.7 cm³/mol. The second-order valence-electron chi connectivity index (χ2n) is 6.40. The first-order valence-electron chi connectivity index (χ1n) is 8.12. The summed E-state index contributed by atoms with van der Waals surface area (Å²) in [4.78, 5) is 12.3. The van der Waals surface area contributed by atoms with E-state index in [9.17, 15) is 9.36 Å². The molecule has 0 aliphatic heterocycles. The summed E-state index contributed by atoms with van der Waals surface area (Å²) in [5, 5.41) is 5.47. The molecule has 0 radical (unpaired) electrons. The van der Waals surface area contributed by atoms with Crippen LogP contribution in [-0.4, -0.2) is 27.0 Å². The molecule has 1 aromatic heterocycles. The molecule has 1 heterocycles. The summed E-state index contributed by atoms with van der Waals surface area (Å²) >= 11 is 0. The largest absolute Gasteiger partial charge is 0.310 e. The van der Waals surface area contributed by atoms with Crippen LogP contribution in [0.1, 0.15) is 39.0 Å². The highest BCUT2D eigenvalue weighted by molar-refractivity contribution is 7.64. The van der Waals surface area contributed by atoms with Gasteiger partial charge in [-0.3, -0.25) is 14.5 Å². The van der Waals surface area contributed by atoms with Gasteiger partial charge in [0.2, 0.25) is 0 Å². The number of aryl methyl sites for hydroxylation is 1. The molecular formula is C17H26N3O3P. The number of rotatable bonds is 7. The smallest absolute Gasteiger partial charge is 0.309 e. The van der Waals surface area contributed by atoms with Crippen LogP contribution in [0.2, 0.25) is 0 Å². The lowest BCUT2D eigenvalue weighted by molar-refractivity contribution is 0.217. The van der Waals surface area contributed by atoms with E-state index in [0.29, 0.717) is 5.69 Å². The summed E-state index contributed by atoms with van der Waals surface area (Å²) in [6.45, 7) is 9.72. The van der Waals surface area contributed by atoms with Gasteiger partial charge in [0.1, 0.15) is 5.30 Å². The van der Waals surface area contributed by atoms with Crippen molar-refractivity contribution < 1.29 is 9.09 Å². The number of benzene rings is 1. The molecule has 0 saturated carbocycles. The van der Waals surface area contributed by atoms with Crippen LogP contribution in [0.15, 0.2) is 35.1 Å². The zero-order valence-corrected chi connectivity index (χ0v) is 15.8. The summed E-state index contributed by atoms with van der Waals surface area (Å²) < 4.78 is 21.7. The fourth-order valence-electron chi connectivity index (χ4n) is 2.97. The van der Waals surface area contributed by atoms with Crippen molar-refractivity contribution in [3.63, 3.8) is 0 Å². The number of nitrogens with one attached hydrogen (secondary N) is 2. The molecular weight excluding hydrogens is 325 g/mol. The van der Waals surface area contributed by atoms with Crippen LogP contribution >= 0.6 is 7.52 Å². The van der Waals surface area contributed by atoms with E-state index in [2.05, 4.69) is 10.2 Å². The Balaban J connectivity index is 2.49. The summed E-state index contributed by atoms with van der Waals surface area (Å²) in [6, 6.07) is 9.46. The van der Waals surface area contributed by atoms with Crippen LogP contribution in [0.4, 0.5) is 0 Å². The minimum atomic E-state index is -3.53. The molecule has 0 saturated heterocycles. The van der Waals surface area contributed by atoms with Crippen molar-refractivity contribution in [1.82, 2.24) is 14.9 Å². The Labute approximate surface area is 142 Å². The van der Waals surface area contributed by atoms with Gasteiger partial charge in [-0.2, -0.15) is 0 Å². The molecule has 6 nitrogen and oxygen atoms in total. The van der Waals surface area contributed by atoms with E-state index in [4.69, 9.17) is 4.52 Å². The quantitative estimate of drug-likeness (QED) is 0.751. The van der Waals surface area contributed by atoms with E-state index < -0.39 is 13.1 Å². The summed E-state index contributed by atoms with van der Waals surface area (Å²) in [7, 11) is -3.53. The fourth-order valence-corrected chi connectivity index (χ4v) is 5.79. The van der Waals surface area contributed by atoms with Crippen LogP contribution in [0, 0.1) is 6.92 Å². The van der Waals surface area contributed by atoms with Crippen LogP contribution in [0.25, 0.3) is 0 Å². The van der Waals surface area contributed by atoms with Crippen LogP contribution in [0.3, 0.4) is 0 Å². The molecule has 1 unspecified atom stereocenters. The maximum absolute atomic E-state index is 13.9. The Morgan fingerprint density at radius 2 is 1.67 bits per heavy atom. The topological polar surface area (TPSA) is 78.2 Å². The lowest BCUT2D eigenvalue weighted by atomic mass is 10.2. The summed E-state index contributed by atoms with van der Waals surface area (Å²) in [6.07, 6.45) is 0. The number of H-pyrrole nitrogens is 2. The van der Waals surface area contributed by atoms with Gasteiger partial charge < -0.3 is 9.62 Å². The third-order valence-corrected chi connectivity index (χ3v) is 6.94. The number of aromatic amines is 2. The van der Waals surface area contributed by atoms with Gasteiger partial charge in [-0.05, 0) is 40.2 Å². The highest BCUT2D eigenvalue weighted by Crippen LogP contribution is 2.52. The third-order valence-electron chi connectivity index (χ3n) is 3.83. The van der Waals surface area contributed by atoms with Crippen molar-refractivity contribution in [2.45, 2.75) is 53.3 Å². The predicted octanol–water partition coefficient (Wildman–Crippen LogP) is 3.17. The molecule has 7 heteroatoms. The van der Waals surface area contributed by atoms with E-state index in [1.54, 1.807) is 11.6 Å². The van der Waals surface area contributed by atoms with Gasteiger partial charge in [-0.1, -0.05) is 30.3 Å². The Hall–Kier alpha value is -1.62. The molecule has 0 fully saturated rings. The highest BCUT2D eigenvalue weighted by Gasteiger charge is 2.41. The van der Waals surface area contributed by atoms with Gasteiger partial charge in [0, 0.05) is 17.8 Å². The Morgan fingerprint density at radius 3 is 2.12 bits per heavy atom. The number of nitrogens with zero attached hydrogens (tertiary/aromatic N) is 1. The van der Waals surface area contributed by atoms with E-state index in [-0.39, 0.29) is 24.0 Å². The van der Waals surface area contributed by atoms with Crippen LogP contribution in [-0.2, 0) is 15.7 Å². The van der Waals surface area contributed by atoms with E-state index in [1.165, 1.54) is 0 Å². The molecule has 2 N–H and O–H groups in total. The molecule has 24 heavy (non-hydrogen) atoms.